The molecule has 0 bridgehead atoms. The van der Waals surface area contributed by atoms with Gasteiger partial charge in [-0.1, -0.05) is 20.3 Å². The summed E-state index contributed by atoms with van der Waals surface area (Å²) in [7, 11) is 5.42. The Bertz CT molecular complexity index is 320. The van der Waals surface area contributed by atoms with E-state index >= 15 is 0 Å². The molecule has 0 aromatic rings. The summed E-state index contributed by atoms with van der Waals surface area (Å²) in [5, 5.41) is 21.1. The number of carboxylic acid groups (broad SMARTS) is 1. The largest absolute Gasteiger partial charge is 0.550 e. The van der Waals surface area contributed by atoms with Crippen molar-refractivity contribution in [2.45, 2.75) is 45.1 Å². The second-order valence-electron chi connectivity index (χ2n) is 6.74. The summed E-state index contributed by atoms with van der Waals surface area (Å²) in [4.78, 5) is 22.9. The second-order valence-corrected chi connectivity index (χ2v) is 6.74. The van der Waals surface area contributed by atoms with Gasteiger partial charge >= 0.3 is 0 Å². The summed E-state index contributed by atoms with van der Waals surface area (Å²) >= 11 is 0. The smallest absolute Gasteiger partial charge is 0.177 e. The second kappa shape index (κ2) is 7.01. The fourth-order valence-corrected chi connectivity index (χ4v) is 2.17. The number of quaternary nitrogens is 1. The van der Waals surface area contributed by atoms with E-state index in [2.05, 4.69) is 13.8 Å². The number of Topliss-reactive ketones (excluding diaryl/α,β-unsaturated/α-hetero) is 1. The summed E-state index contributed by atoms with van der Waals surface area (Å²) in [6, 6.07) is 0. The van der Waals surface area contributed by atoms with E-state index in [1.165, 1.54) is 0 Å². The first-order chi connectivity index (χ1) is 8.46. The summed E-state index contributed by atoms with van der Waals surface area (Å²) in [6.07, 6.45) is 1.13. The molecule has 5 heteroatoms. The first-order valence-electron chi connectivity index (χ1n) is 6.72. The van der Waals surface area contributed by atoms with Crippen LogP contribution in [0.15, 0.2) is 0 Å². The lowest BCUT2D eigenvalue weighted by atomic mass is 9.89. The molecule has 0 aliphatic heterocycles. The van der Waals surface area contributed by atoms with E-state index in [1.54, 1.807) is 0 Å². The number of rotatable bonds is 9. The molecule has 1 atom stereocenters. The number of likely N-dealkylation sites (N-methyl/N-ethyl adjacent to an activating group) is 1. The lowest BCUT2D eigenvalue weighted by Gasteiger charge is -2.35. The molecule has 0 radical (unpaired) electrons. The summed E-state index contributed by atoms with van der Waals surface area (Å²) in [6.45, 7) is 4.19. The number of carbonyl (C=O) groups is 2. The molecule has 0 aromatic carbocycles. The molecule has 0 saturated carbocycles. The number of aliphatic carboxylic acids is 1. The molecule has 0 amide bonds. The first kappa shape index (κ1) is 18.1. The van der Waals surface area contributed by atoms with E-state index in [0.717, 1.165) is 6.42 Å². The molecule has 0 saturated heterocycles. The van der Waals surface area contributed by atoms with Gasteiger partial charge in [0.05, 0.1) is 21.1 Å². The SMILES string of the molecule is CC(C)CCCC(=O)[C@@](O)(CC(=O)[O-])C[N+](C)(C)C. The van der Waals surface area contributed by atoms with Crippen molar-refractivity contribution in [3.05, 3.63) is 0 Å². The molecule has 0 unspecified atom stereocenters. The van der Waals surface area contributed by atoms with Gasteiger partial charge in [-0.25, -0.2) is 0 Å². The van der Waals surface area contributed by atoms with Crippen molar-refractivity contribution in [1.82, 2.24) is 0 Å². The van der Waals surface area contributed by atoms with E-state index in [-0.39, 0.29) is 13.0 Å². The van der Waals surface area contributed by atoms with Crippen LogP contribution in [0.4, 0.5) is 0 Å². The molecule has 0 aliphatic rings. The third-order valence-electron chi connectivity index (χ3n) is 2.88. The Morgan fingerprint density at radius 2 is 1.79 bits per heavy atom. The van der Waals surface area contributed by atoms with Crippen molar-refractivity contribution < 1.29 is 24.3 Å². The zero-order valence-corrected chi connectivity index (χ0v) is 12.7. The maximum atomic E-state index is 12.1. The van der Waals surface area contributed by atoms with Crippen molar-refractivity contribution >= 4 is 11.8 Å². The zero-order chi connectivity index (χ0) is 15.3. The van der Waals surface area contributed by atoms with Crippen molar-refractivity contribution in [1.29, 1.82) is 0 Å². The van der Waals surface area contributed by atoms with E-state index in [0.29, 0.717) is 16.8 Å². The van der Waals surface area contributed by atoms with Gasteiger partial charge in [0.2, 0.25) is 0 Å². The van der Waals surface area contributed by atoms with Gasteiger partial charge in [-0.2, -0.15) is 0 Å². The number of carbonyl (C=O) groups excluding carboxylic acids is 2. The standard InChI is InChI=1S/C14H27NO4/c1-11(2)7-6-8-12(16)14(19,9-13(17)18)10-15(3,4)5/h11,19H,6-10H2,1-5H3/t14-/m1/s1. The van der Waals surface area contributed by atoms with Crippen molar-refractivity contribution in [2.24, 2.45) is 5.92 Å². The average molecular weight is 273 g/mol. The maximum absolute atomic E-state index is 12.1. The van der Waals surface area contributed by atoms with Crippen molar-refractivity contribution in [3.63, 3.8) is 0 Å². The van der Waals surface area contributed by atoms with Crippen LogP contribution in [0.25, 0.3) is 0 Å². The number of ketones is 1. The molecule has 0 aromatic heterocycles. The van der Waals surface area contributed by atoms with Gasteiger partial charge in [0.1, 0.15) is 6.54 Å². The number of aliphatic hydroxyl groups is 1. The molecule has 0 aliphatic carbocycles. The highest BCUT2D eigenvalue weighted by Gasteiger charge is 2.40. The highest BCUT2D eigenvalue weighted by atomic mass is 16.4. The van der Waals surface area contributed by atoms with E-state index in [4.69, 9.17) is 0 Å². The van der Waals surface area contributed by atoms with Gasteiger partial charge in [0.15, 0.2) is 11.4 Å². The minimum absolute atomic E-state index is 0.0709. The fourth-order valence-electron chi connectivity index (χ4n) is 2.17. The van der Waals surface area contributed by atoms with Crippen LogP contribution in [-0.2, 0) is 9.59 Å². The maximum Gasteiger partial charge on any atom is 0.177 e. The lowest BCUT2D eigenvalue weighted by Crippen LogP contribution is -2.56. The zero-order valence-electron chi connectivity index (χ0n) is 12.7. The molecular formula is C14H27NO4. The summed E-state index contributed by atoms with van der Waals surface area (Å²) in [5.41, 5.74) is -1.83. The van der Waals surface area contributed by atoms with Crippen LogP contribution in [-0.4, -0.2) is 54.6 Å². The lowest BCUT2D eigenvalue weighted by molar-refractivity contribution is -0.875. The normalized spacial score (nSPS) is 15.3. The molecule has 1 N–H and O–H groups in total. The Morgan fingerprint density at radius 1 is 1.26 bits per heavy atom. The molecule has 0 rings (SSSR count). The summed E-state index contributed by atoms with van der Waals surface area (Å²) < 4.78 is 0.319. The molecule has 19 heavy (non-hydrogen) atoms. The van der Waals surface area contributed by atoms with Crippen LogP contribution in [0.1, 0.15) is 39.5 Å². The molecule has 0 spiro atoms. The van der Waals surface area contributed by atoms with Gasteiger partial charge < -0.3 is 19.5 Å². The number of hydrogen-bond donors (Lipinski definition) is 1. The molecule has 112 valence electrons. The Kier molecular flexibility index (Phi) is 6.66. The Labute approximate surface area is 115 Å². The number of carboxylic acids is 1. The minimum Gasteiger partial charge on any atom is -0.550 e. The average Bonchev–Trinajstić information content (AvgIpc) is 2.11. The van der Waals surface area contributed by atoms with E-state index in [1.807, 2.05) is 21.1 Å². The first-order valence-corrected chi connectivity index (χ1v) is 6.72. The van der Waals surface area contributed by atoms with Crippen LogP contribution in [0, 0.1) is 5.92 Å². The monoisotopic (exact) mass is 273 g/mol. The Hall–Kier alpha value is -0.940. The minimum atomic E-state index is -1.83. The van der Waals surface area contributed by atoms with Crippen LogP contribution < -0.4 is 5.11 Å². The Morgan fingerprint density at radius 3 is 2.16 bits per heavy atom. The van der Waals surface area contributed by atoms with Crippen LogP contribution in [0.3, 0.4) is 0 Å². The molecular weight excluding hydrogens is 246 g/mol. The third kappa shape index (κ3) is 7.95. The predicted octanol–water partition coefficient (Wildman–Crippen LogP) is -0.0409. The third-order valence-corrected chi connectivity index (χ3v) is 2.88. The topological polar surface area (TPSA) is 77.4 Å². The van der Waals surface area contributed by atoms with Crippen LogP contribution in [0.5, 0.6) is 0 Å². The van der Waals surface area contributed by atoms with Crippen molar-refractivity contribution in [2.75, 3.05) is 27.7 Å². The van der Waals surface area contributed by atoms with Crippen LogP contribution >= 0.6 is 0 Å². The highest BCUT2D eigenvalue weighted by Crippen LogP contribution is 2.19. The van der Waals surface area contributed by atoms with E-state index < -0.39 is 23.8 Å². The van der Waals surface area contributed by atoms with Gasteiger partial charge in [-0.15, -0.1) is 0 Å². The predicted molar refractivity (Wildman–Crippen MR) is 71.2 cm³/mol. The number of hydrogen-bond acceptors (Lipinski definition) is 4. The van der Waals surface area contributed by atoms with Gasteiger partial charge in [-0.05, 0) is 12.3 Å². The van der Waals surface area contributed by atoms with Gasteiger partial charge in [-0.3, -0.25) is 4.79 Å². The Balaban J connectivity index is 4.73. The highest BCUT2D eigenvalue weighted by molar-refractivity contribution is 5.90. The van der Waals surface area contributed by atoms with E-state index in [9.17, 15) is 19.8 Å². The molecule has 0 heterocycles. The quantitative estimate of drug-likeness (QED) is 0.598. The number of nitrogens with zero attached hydrogens (tertiary/aromatic N) is 1. The fraction of sp³-hybridized carbons (Fsp3) is 0.857. The van der Waals surface area contributed by atoms with Crippen molar-refractivity contribution in [3.8, 4) is 0 Å². The van der Waals surface area contributed by atoms with Crippen LogP contribution in [0.2, 0.25) is 0 Å². The summed E-state index contributed by atoms with van der Waals surface area (Å²) in [5.74, 6) is -1.31. The van der Waals surface area contributed by atoms with Gasteiger partial charge in [0, 0.05) is 18.8 Å². The van der Waals surface area contributed by atoms with Gasteiger partial charge in [0.25, 0.3) is 0 Å². The molecule has 5 nitrogen and oxygen atoms in total. The molecule has 0 fully saturated rings.